The molecule has 0 amide bonds. The molecule has 8 heteroatoms. The van der Waals surface area contributed by atoms with Gasteiger partial charge in [-0.25, -0.2) is 26.3 Å². The zero-order valence-electron chi connectivity index (χ0n) is 7.17. The lowest BCUT2D eigenvalue weighted by molar-refractivity contribution is 0.420. The number of hydrogen-bond acceptors (Lipinski definition) is 4. The highest BCUT2D eigenvalue weighted by molar-refractivity contribution is 7.90. The average Bonchev–Trinajstić information content (AvgIpc) is 2.13. The van der Waals surface area contributed by atoms with E-state index in [0.717, 1.165) is 4.31 Å². The van der Waals surface area contributed by atoms with Crippen LogP contribution in [0.3, 0.4) is 0 Å². The Bertz CT molecular complexity index is 385. The fourth-order valence-electron chi connectivity index (χ4n) is 1.29. The van der Waals surface area contributed by atoms with Crippen LogP contribution in [0, 0.1) is 0 Å². The van der Waals surface area contributed by atoms with E-state index >= 15 is 0 Å². The minimum atomic E-state index is -3.60. The van der Waals surface area contributed by atoms with Gasteiger partial charge >= 0.3 is 0 Å². The molecular formula is C5H12N2O4S2. The predicted octanol–water partition coefficient (Wildman–Crippen LogP) is -1.69. The zero-order chi connectivity index (χ0) is 10.3. The molecule has 1 rings (SSSR count). The molecule has 1 atom stereocenters. The summed E-state index contributed by atoms with van der Waals surface area (Å²) in [5, 5.41) is 4.82. The maximum atomic E-state index is 11.1. The van der Waals surface area contributed by atoms with Crippen molar-refractivity contribution in [3.8, 4) is 0 Å². The molecule has 1 fully saturated rings. The van der Waals surface area contributed by atoms with Crippen LogP contribution in [0.2, 0.25) is 0 Å². The molecule has 0 saturated carbocycles. The third-order valence-electron chi connectivity index (χ3n) is 2.09. The Morgan fingerprint density at radius 3 is 2.38 bits per heavy atom. The van der Waals surface area contributed by atoms with Gasteiger partial charge in [-0.3, -0.25) is 0 Å². The van der Waals surface area contributed by atoms with Gasteiger partial charge in [0.25, 0.3) is 0 Å². The Morgan fingerprint density at radius 2 is 2.08 bits per heavy atom. The Labute approximate surface area is 77.8 Å². The van der Waals surface area contributed by atoms with Gasteiger partial charge in [0.1, 0.15) is 0 Å². The van der Waals surface area contributed by atoms with Crippen LogP contribution < -0.4 is 5.14 Å². The number of primary sulfonamides is 1. The number of nitrogens with zero attached hydrogens (tertiary/aromatic N) is 1. The van der Waals surface area contributed by atoms with Gasteiger partial charge in [0.2, 0.25) is 20.0 Å². The summed E-state index contributed by atoms with van der Waals surface area (Å²) in [4.78, 5) is 0. The van der Waals surface area contributed by atoms with E-state index < -0.39 is 26.1 Å². The molecule has 2 N–H and O–H groups in total. The Kier molecular flexibility index (Phi) is 2.68. The van der Waals surface area contributed by atoms with Crippen molar-refractivity contribution in [2.24, 2.45) is 5.14 Å². The van der Waals surface area contributed by atoms with Crippen molar-refractivity contribution in [3.05, 3.63) is 0 Å². The highest BCUT2D eigenvalue weighted by Crippen LogP contribution is 2.19. The van der Waals surface area contributed by atoms with E-state index in [1.165, 1.54) is 7.05 Å². The van der Waals surface area contributed by atoms with Crippen molar-refractivity contribution in [1.82, 2.24) is 4.31 Å². The van der Waals surface area contributed by atoms with Gasteiger partial charge < -0.3 is 0 Å². The molecule has 0 bridgehead atoms. The van der Waals surface area contributed by atoms with E-state index in [1.54, 1.807) is 0 Å². The molecule has 6 nitrogen and oxygen atoms in total. The monoisotopic (exact) mass is 228 g/mol. The van der Waals surface area contributed by atoms with Gasteiger partial charge in [-0.2, -0.15) is 0 Å². The summed E-state index contributed by atoms with van der Waals surface area (Å²) in [5.74, 6) is -0.299. The Hall–Kier alpha value is -0.180. The maximum Gasteiger partial charge on any atom is 0.214 e. The second-order valence-electron chi connectivity index (χ2n) is 3.10. The van der Waals surface area contributed by atoms with Crippen LogP contribution in [-0.2, 0) is 20.0 Å². The summed E-state index contributed by atoms with van der Waals surface area (Å²) in [7, 11) is -5.46. The van der Waals surface area contributed by atoms with Crippen molar-refractivity contribution in [2.75, 3.05) is 18.6 Å². The molecule has 0 aromatic rings. The van der Waals surface area contributed by atoms with Gasteiger partial charge in [-0.15, -0.1) is 0 Å². The van der Waals surface area contributed by atoms with Crippen molar-refractivity contribution in [3.63, 3.8) is 0 Å². The molecule has 1 saturated heterocycles. The van der Waals surface area contributed by atoms with Crippen molar-refractivity contribution in [1.29, 1.82) is 0 Å². The summed E-state index contributed by atoms with van der Waals surface area (Å²) in [6.07, 6.45) is 0.329. The highest BCUT2D eigenvalue weighted by Gasteiger charge is 2.35. The third-order valence-corrected chi connectivity index (χ3v) is 4.86. The molecule has 1 unspecified atom stereocenters. The summed E-state index contributed by atoms with van der Waals surface area (Å²) in [6.45, 7) is 0. The van der Waals surface area contributed by atoms with Gasteiger partial charge in [0.15, 0.2) is 0 Å². The highest BCUT2D eigenvalue weighted by atomic mass is 32.2. The SMILES string of the molecule is CN1C(CS(N)(=O)=O)CCS1(=O)=O. The third kappa shape index (κ3) is 2.63. The zero-order valence-corrected chi connectivity index (χ0v) is 8.81. The van der Waals surface area contributed by atoms with Crippen LogP contribution in [0.15, 0.2) is 0 Å². The van der Waals surface area contributed by atoms with E-state index in [0.29, 0.717) is 6.42 Å². The van der Waals surface area contributed by atoms with E-state index in [9.17, 15) is 16.8 Å². The topological polar surface area (TPSA) is 97.5 Å². The van der Waals surface area contributed by atoms with Crippen LogP contribution in [0.4, 0.5) is 0 Å². The quantitative estimate of drug-likeness (QED) is 0.609. The summed E-state index contributed by atoms with van der Waals surface area (Å²) < 4.78 is 44.8. The molecule has 0 spiro atoms. The van der Waals surface area contributed by atoms with Crippen molar-refractivity contribution in [2.45, 2.75) is 12.5 Å². The molecule has 0 radical (unpaired) electrons. The normalized spacial score (nSPS) is 29.2. The molecule has 0 aromatic heterocycles. The largest absolute Gasteiger partial charge is 0.229 e. The fourth-order valence-corrected chi connectivity index (χ4v) is 3.81. The smallest absolute Gasteiger partial charge is 0.214 e. The van der Waals surface area contributed by atoms with Crippen LogP contribution in [0.1, 0.15) is 6.42 Å². The summed E-state index contributed by atoms with van der Waals surface area (Å²) in [5.41, 5.74) is 0. The van der Waals surface area contributed by atoms with Gasteiger partial charge in [0, 0.05) is 13.1 Å². The first-order valence-corrected chi connectivity index (χ1v) is 7.01. The summed E-state index contributed by atoms with van der Waals surface area (Å²) in [6, 6.07) is -0.500. The van der Waals surface area contributed by atoms with Crippen LogP contribution in [0.25, 0.3) is 0 Å². The molecule has 78 valence electrons. The molecule has 1 heterocycles. The van der Waals surface area contributed by atoms with Crippen LogP contribution in [-0.4, -0.2) is 45.7 Å². The van der Waals surface area contributed by atoms with E-state index in [-0.39, 0.29) is 11.5 Å². The number of hydrogen-bond donors (Lipinski definition) is 1. The Balaban J connectivity index is 2.78. The first kappa shape index (κ1) is 10.9. The number of sulfonamides is 2. The van der Waals surface area contributed by atoms with Gasteiger partial charge in [-0.1, -0.05) is 0 Å². The second-order valence-corrected chi connectivity index (χ2v) is 6.91. The molecule has 0 aromatic carbocycles. The van der Waals surface area contributed by atoms with Gasteiger partial charge in [0.05, 0.1) is 11.5 Å². The standard InChI is InChI=1S/C5H12N2O4S2/c1-7-5(4-12(6,8)9)2-3-13(7,10)11/h5H,2-4H2,1H3,(H2,6,8,9). The summed E-state index contributed by atoms with van der Waals surface area (Å²) >= 11 is 0. The lowest BCUT2D eigenvalue weighted by Crippen LogP contribution is -2.36. The van der Waals surface area contributed by atoms with E-state index in [1.807, 2.05) is 0 Å². The molecular weight excluding hydrogens is 216 g/mol. The van der Waals surface area contributed by atoms with Crippen molar-refractivity contribution >= 4 is 20.0 Å². The second kappa shape index (κ2) is 3.19. The average molecular weight is 228 g/mol. The first-order chi connectivity index (χ1) is 5.72. The maximum absolute atomic E-state index is 11.1. The van der Waals surface area contributed by atoms with Crippen molar-refractivity contribution < 1.29 is 16.8 Å². The molecule has 1 aliphatic rings. The first-order valence-electron chi connectivity index (χ1n) is 3.68. The molecule has 0 aliphatic carbocycles. The fraction of sp³-hybridized carbons (Fsp3) is 1.00. The minimum Gasteiger partial charge on any atom is -0.229 e. The van der Waals surface area contributed by atoms with Gasteiger partial charge in [-0.05, 0) is 6.42 Å². The van der Waals surface area contributed by atoms with E-state index in [4.69, 9.17) is 5.14 Å². The van der Waals surface area contributed by atoms with Crippen LogP contribution >= 0.6 is 0 Å². The predicted molar refractivity (Wildman–Crippen MR) is 47.9 cm³/mol. The Morgan fingerprint density at radius 1 is 1.54 bits per heavy atom. The number of rotatable bonds is 2. The van der Waals surface area contributed by atoms with E-state index in [2.05, 4.69) is 0 Å². The molecule has 1 aliphatic heterocycles. The minimum absolute atomic E-state index is 0.00366. The lowest BCUT2D eigenvalue weighted by atomic mass is 10.3. The number of nitrogens with two attached hydrogens (primary N) is 1. The lowest BCUT2D eigenvalue weighted by Gasteiger charge is -2.16. The molecule has 13 heavy (non-hydrogen) atoms. The van der Waals surface area contributed by atoms with Crippen LogP contribution in [0.5, 0.6) is 0 Å².